The Morgan fingerprint density at radius 3 is 2.77 bits per heavy atom. The molecule has 0 atom stereocenters. The number of aromatic nitrogens is 4. The second kappa shape index (κ2) is 9.07. The van der Waals surface area contributed by atoms with Gasteiger partial charge in [-0.15, -0.1) is 0 Å². The Morgan fingerprint density at radius 2 is 2.12 bits per heavy atom. The molecule has 0 aliphatic carbocycles. The van der Waals surface area contributed by atoms with Gasteiger partial charge in [0.1, 0.15) is 0 Å². The van der Waals surface area contributed by atoms with Crippen LogP contribution in [0, 0.1) is 10.1 Å². The molecule has 1 fully saturated rings. The number of morpholine rings is 1. The van der Waals surface area contributed by atoms with Crippen LogP contribution in [0.3, 0.4) is 0 Å². The lowest BCUT2D eigenvalue weighted by Gasteiger charge is -2.26. The van der Waals surface area contributed by atoms with Gasteiger partial charge in [-0.25, -0.2) is 9.97 Å². The molecular formula is C17H22N6O3. The van der Waals surface area contributed by atoms with Gasteiger partial charge in [-0.05, 0) is 12.5 Å². The zero-order valence-electron chi connectivity index (χ0n) is 14.5. The van der Waals surface area contributed by atoms with E-state index in [1.807, 2.05) is 0 Å². The molecule has 3 aromatic rings. The van der Waals surface area contributed by atoms with E-state index in [9.17, 15) is 10.1 Å². The van der Waals surface area contributed by atoms with Crippen molar-refractivity contribution in [3.63, 3.8) is 0 Å². The van der Waals surface area contributed by atoms with Crippen molar-refractivity contribution < 1.29 is 9.66 Å². The van der Waals surface area contributed by atoms with E-state index >= 15 is 0 Å². The van der Waals surface area contributed by atoms with E-state index in [0.717, 1.165) is 51.3 Å². The van der Waals surface area contributed by atoms with Gasteiger partial charge >= 0.3 is 0 Å². The topological polar surface area (TPSA) is 102 Å². The minimum Gasteiger partial charge on any atom is -0.379 e. The molecule has 3 heterocycles. The Balaban J connectivity index is 0.000000339. The highest BCUT2D eigenvalue weighted by Gasteiger charge is 2.11. The van der Waals surface area contributed by atoms with Crippen molar-refractivity contribution in [3.05, 3.63) is 53.4 Å². The van der Waals surface area contributed by atoms with Crippen molar-refractivity contribution in [1.82, 2.24) is 24.4 Å². The number of hydrogen-bond donors (Lipinski definition) is 1. The number of hydrogen-bond acceptors (Lipinski definition) is 6. The first-order valence-corrected chi connectivity index (χ1v) is 8.56. The molecule has 0 unspecified atom stereocenters. The third-order valence-corrected chi connectivity index (χ3v) is 4.20. The number of ether oxygens (including phenoxy) is 1. The number of nitrogens with one attached hydrogen (secondary N) is 1. The zero-order valence-corrected chi connectivity index (χ0v) is 14.5. The number of nitro benzene ring substituents is 1. The molecule has 0 bridgehead atoms. The van der Waals surface area contributed by atoms with E-state index in [-0.39, 0.29) is 5.69 Å². The van der Waals surface area contributed by atoms with Crippen LogP contribution in [0.5, 0.6) is 0 Å². The predicted octanol–water partition coefficient (Wildman–Crippen LogP) is 2.08. The van der Waals surface area contributed by atoms with Crippen molar-refractivity contribution in [3.8, 4) is 0 Å². The molecule has 0 saturated carbocycles. The molecular weight excluding hydrogens is 336 g/mol. The van der Waals surface area contributed by atoms with Crippen LogP contribution in [0.25, 0.3) is 11.0 Å². The molecule has 138 valence electrons. The number of rotatable bonds is 5. The van der Waals surface area contributed by atoms with Crippen LogP contribution in [-0.4, -0.2) is 62.2 Å². The molecule has 2 aromatic heterocycles. The Bertz CT molecular complexity index is 794. The number of aryl methyl sites for hydroxylation is 1. The lowest BCUT2D eigenvalue weighted by atomic mass is 10.2. The van der Waals surface area contributed by atoms with Gasteiger partial charge in [0.25, 0.3) is 5.69 Å². The Kier molecular flexibility index (Phi) is 6.29. The fourth-order valence-electron chi connectivity index (χ4n) is 2.85. The smallest absolute Gasteiger partial charge is 0.271 e. The maximum atomic E-state index is 10.8. The largest absolute Gasteiger partial charge is 0.379 e. The summed E-state index contributed by atoms with van der Waals surface area (Å²) in [6.07, 6.45) is 7.87. The molecule has 1 aliphatic heterocycles. The van der Waals surface area contributed by atoms with Gasteiger partial charge < -0.3 is 14.3 Å². The minimum absolute atomic E-state index is 0.0843. The molecule has 26 heavy (non-hydrogen) atoms. The fraction of sp³-hybridized carbons (Fsp3) is 0.412. The van der Waals surface area contributed by atoms with E-state index in [2.05, 4.69) is 24.4 Å². The molecule has 0 radical (unpaired) electrons. The second-order valence-corrected chi connectivity index (χ2v) is 5.94. The third kappa shape index (κ3) is 4.87. The highest BCUT2D eigenvalue weighted by molar-refractivity contribution is 5.77. The molecule has 9 nitrogen and oxygen atoms in total. The van der Waals surface area contributed by atoms with Crippen molar-refractivity contribution >= 4 is 16.7 Å². The number of imidazole rings is 2. The Labute approximate surface area is 150 Å². The van der Waals surface area contributed by atoms with Crippen LogP contribution < -0.4 is 0 Å². The first-order valence-electron chi connectivity index (χ1n) is 8.56. The quantitative estimate of drug-likeness (QED) is 0.553. The Morgan fingerprint density at radius 1 is 1.27 bits per heavy atom. The number of H-pyrrole nitrogens is 1. The lowest BCUT2D eigenvalue weighted by Crippen LogP contribution is -2.37. The maximum absolute atomic E-state index is 10.8. The first-order chi connectivity index (χ1) is 12.7. The lowest BCUT2D eigenvalue weighted by molar-refractivity contribution is -0.384. The number of nitro groups is 1. The van der Waals surface area contributed by atoms with Gasteiger partial charge in [0, 0.05) is 50.7 Å². The van der Waals surface area contributed by atoms with E-state index < -0.39 is 4.92 Å². The molecule has 1 saturated heterocycles. The van der Waals surface area contributed by atoms with Crippen molar-refractivity contribution in [2.24, 2.45) is 0 Å². The van der Waals surface area contributed by atoms with E-state index in [1.54, 1.807) is 31.1 Å². The number of fused-ring (bicyclic) bond motifs is 1. The van der Waals surface area contributed by atoms with Gasteiger partial charge in [-0.3, -0.25) is 15.0 Å². The fourth-order valence-corrected chi connectivity index (χ4v) is 2.85. The molecule has 4 rings (SSSR count). The highest BCUT2D eigenvalue weighted by atomic mass is 16.6. The summed E-state index contributed by atoms with van der Waals surface area (Å²) in [5.41, 5.74) is 1.71. The van der Waals surface area contributed by atoms with Gasteiger partial charge in [0.2, 0.25) is 0 Å². The Hall–Kier alpha value is -2.78. The van der Waals surface area contributed by atoms with Crippen LogP contribution in [0.1, 0.15) is 6.42 Å². The first kappa shape index (κ1) is 18.0. The average molecular weight is 358 g/mol. The summed E-state index contributed by atoms with van der Waals surface area (Å²) in [5.74, 6) is 0. The van der Waals surface area contributed by atoms with Crippen LogP contribution in [0.15, 0.2) is 43.2 Å². The monoisotopic (exact) mass is 358 g/mol. The number of non-ortho nitro benzene ring substituents is 1. The maximum Gasteiger partial charge on any atom is 0.271 e. The van der Waals surface area contributed by atoms with Gasteiger partial charge in [0.15, 0.2) is 0 Å². The number of nitrogens with zero attached hydrogens (tertiary/aromatic N) is 5. The summed E-state index contributed by atoms with van der Waals surface area (Å²) in [6, 6.07) is 4.82. The summed E-state index contributed by atoms with van der Waals surface area (Å²) in [5, 5.41) is 10.8. The molecule has 1 N–H and O–H groups in total. The summed E-state index contributed by atoms with van der Waals surface area (Å²) < 4.78 is 7.38. The third-order valence-electron chi connectivity index (χ3n) is 4.20. The molecule has 0 spiro atoms. The van der Waals surface area contributed by atoms with Crippen LogP contribution in [0.4, 0.5) is 5.69 Å². The van der Waals surface area contributed by atoms with Gasteiger partial charge in [0.05, 0.1) is 41.8 Å². The van der Waals surface area contributed by atoms with Crippen LogP contribution in [-0.2, 0) is 11.3 Å². The van der Waals surface area contributed by atoms with Gasteiger partial charge in [-0.1, -0.05) is 0 Å². The summed E-state index contributed by atoms with van der Waals surface area (Å²) >= 11 is 0. The van der Waals surface area contributed by atoms with E-state index in [1.165, 1.54) is 12.1 Å². The summed E-state index contributed by atoms with van der Waals surface area (Å²) in [4.78, 5) is 23.4. The van der Waals surface area contributed by atoms with E-state index in [0.29, 0.717) is 5.52 Å². The molecule has 1 aliphatic rings. The van der Waals surface area contributed by atoms with Crippen LogP contribution >= 0.6 is 0 Å². The van der Waals surface area contributed by atoms with Gasteiger partial charge in [-0.2, -0.15) is 0 Å². The summed E-state index contributed by atoms with van der Waals surface area (Å²) in [7, 11) is 0. The summed E-state index contributed by atoms with van der Waals surface area (Å²) in [6.45, 7) is 5.53. The van der Waals surface area contributed by atoms with Crippen molar-refractivity contribution in [2.45, 2.75) is 13.0 Å². The zero-order chi connectivity index (χ0) is 18.2. The SMILES string of the molecule is O=[N+]([O-])c1ccc2c(c1)ncn2CCCN1CCOCC1.c1c[nH]cn1. The molecule has 1 aromatic carbocycles. The normalized spacial score (nSPS) is 14.8. The van der Waals surface area contributed by atoms with Crippen molar-refractivity contribution in [1.29, 1.82) is 0 Å². The number of aromatic amines is 1. The predicted molar refractivity (Wildman–Crippen MR) is 96.9 cm³/mol. The standard InChI is InChI=1S/C14H18N4O3.C3H4N2/c19-18(20)12-2-3-14-13(10-12)15-11-17(14)5-1-4-16-6-8-21-9-7-16;1-2-5-3-4-1/h2-3,10-11H,1,4-9H2;1-3H,(H,4,5). The molecule has 9 heteroatoms. The second-order valence-electron chi connectivity index (χ2n) is 5.94. The van der Waals surface area contributed by atoms with E-state index in [4.69, 9.17) is 4.74 Å². The van der Waals surface area contributed by atoms with Crippen molar-refractivity contribution in [2.75, 3.05) is 32.8 Å². The molecule has 0 amide bonds. The highest BCUT2D eigenvalue weighted by Crippen LogP contribution is 2.20. The number of benzene rings is 1. The minimum atomic E-state index is -0.392. The average Bonchev–Trinajstić information content (AvgIpc) is 3.36. The van der Waals surface area contributed by atoms with Crippen LogP contribution in [0.2, 0.25) is 0 Å².